The van der Waals surface area contributed by atoms with Crippen LogP contribution in [0.5, 0.6) is 0 Å². The Balaban J connectivity index is 1.74. The molecule has 1 aliphatic rings. The Bertz CT molecular complexity index is 682. The number of carbonyl (C=O) groups is 1. The van der Waals surface area contributed by atoms with E-state index in [-0.39, 0.29) is 17.9 Å². The number of hydrogen-bond donors (Lipinski definition) is 1. The SMILES string of the molecule is CCc1nnsc1C(=O)N1CCO[C@H](c2nc(C(C)C)n[nH]2)C1. The first-order chi connectivity index (χ1) is 11.1. The summed E-state index contributed by atoms with van der Waals surface area (Å²) in [4.78, 5) is 19.6. The number of nitrogens with zero attached hydrogens (tertiary/aromatic N) is 5. The Hall–Kier alpha value is -1.87. The van der Waals surface area contributed by atoms with Crippen LogP contribution in [0.2, 0.25) is 0 Å². The fourth-order valence-corrected chi connectivity index (χ4v) is 3.15. The number of aromatic nitrogens is 5. The van der Waals surface area contributed by atoms with Crippen LogP contribution < -0.4 is 0 Å². The Labute approximate surface area is 138 Å². The van der Waals surface area contributed by atoms with Crippen molar-refractivity contribution in [3.63, 3.8) is 0 Å². The summed E-state index contributed by atoms with van der Waals surface area (Å²) < 4.78 is 9.65. The molecule has 0 saturated carbocycles. The fourth-order valence-electron chi connectivity index (χ4n) is 2.44. The molecule has 3 heterocycles. The molecule has 0 aliphatic carbocycles. The van der Waals surface area contributed by atoms with E-state index in [0.717, 1.165) is 23.1 Å². The highest BCUT2D eigenvalue weighted by molar-refractivity contribution is 7.08. The first-order valence-electron chi connectivity index (χ1n) is 7.74. The van der Waals surface area contributed by atoms with Gasteiger partial charge in [-0.05, 0) is 18.0 Å². The standard InChI is InChI=1S/C14H20N6O2S/c1-4-9-11(23-19-16-9)14(21)20-5-6-22-10(7-20)13-15-12(8(2)3)17-18-13/h8,10H,4-7H2,1-3H3,(H,15,17,18)/t10-/m0/s1. The number of hydrogen-bond acceptors (Lipinski definition) is 7. The number of carbonyl (C=O) groups excluding carboxylic acids is 1. The van der Waals surface area contributed by atoms with Gasteiger partial charge in [-0.2, -0.15) is 5.10 Å². The lowest BCUT2D eigenvalue weighted by atomic mass is 10.2. The number of aryl methyl sites for hydroxylation is 1. The van der Waals surface area contributed by atoms with E-state index in [1.807, 2.05) is 20.8 Å². The molecule has 3 rings (SSSR count). The number of H-pyrrole nitrogens is 1. The van der Waals surface area contributed by atoms with Gasteiger partial charge in [0.15, 0.2) is 11.6 Å². The highest BCUT2D eigenvalue weighted by atomic mass is 32.1. The van der Waals surface area contributed by atoms with Gasteiger partial charge >= 0.3 is 0 Å². The number of amides is 1. The number of rotatable bonds is 4. The van der Waals surface area contributed by atoms with Crippen LogP contribution in [-0.4, -0.2) is 55.3 Å². The molecule has 1 atom stereocenters. The molecular formula is C14H20N6O2S. The van der Waals surface area contributed by atoms with Crippen LogP contribution in [-0.2, 0) is 11.2 Å². The van der Waals surface area contributed by atoms with Crippen LogP contribution in [0.25, 0.3) is 0 Å². The third-order valence-corrected chi connectivity index (χ3v) is 4.54. The van der Waals surface area contributed by atoms with Gasteiger partial charge in [0.1, 0.15) is 11.0 Å². The normalized spacial score (nSPS) is 18.6. The highest BCUT2D eigenvalue weighted by Gasteiger charge is 2.30. The molecule has 0 unspecified atom stereocenters. The summed E-state index contributed by atoms with van der Waals surface area (Å²) in [5.74, 6) is 1.64. The van der Waals surface area contributed by atoms with E-state index in [1.165, 1.54) is 0 Å². The highest BCUT2D eigenvalue weighted by Crippen LogP contribution is 2.23. The fraction of sp³-hybridized carbons (Fsp3) is 0.643. The number of nitrogens with one attached hydrogen (secondary N) is 1. The van der Waals surface area contributed by atoms with Crippen LogP contribution in [0.4, 0.5) is 0 Å². The predicted molar refractivity (Wildman–Crippen MR) is 84.4 cm³/mol. The summed E-state index contributed by atoms with van der Waals surface area (Å²) in [6.07, 6.45) is 0.421. The summed E-state index contributed by atoms with van der Waals surface area (Å²) in [6, 6.07) is 0. The average Bonchev–Trinajstić information content (AvgIpc) is 3.23. The van der Waals surface area contributed by atoms with Crippen molar-refractivity contribution in [3.05, 3.63) is 22.2 Å². The molecular weight excluding hydrogens is 316 g/mol. The van der Waals surface area contributed by atoms with Crippen molar-refractivity contribution < 1.29 is 9.53 Å². The van der Waals surface area contributed by atoms with Gasteiger partial charge in [0.05, 0.1) is 18.8 Å². The second-order valence-electron chi connectivity index (χ2n) is 5.75. The third-order valence-electron chi connectivity index (χ3n) is 3.78. The van der Waals surface area contributed by atoms with Crippen LogP contribution in [0.1, 0.15) is 59.8 Å². The summed E-state index contributed by atoms with van der Waals surface area (Å²) in [7, 11) is 0. The van der Waals surface area contributed by atoms with E-state index < -0.39 is 0 Å². The second-order valence-corrected chi connectivity index (χ2v) is 6.50. The van der Waals surface area contributed by atoms with Gasteiger partial charge in [-0.1, -0.05) is 25.3 Å². The molecule has 1 amide bonds. The number of ether oxygens (including phenoxy) is 1. The second kappa shape index (κ2) is 6.71. The Morgan fingerprint density at radius 1 is 1.52 bits per heavy atom. The van der Waals surface area contributed by atoms with Gasteiger partial charge in [0.25, 0.3) is 5.91 Å². The molecule has 8 nitrogen and oxygen atoms in total. The van der Waals surface area contributed by atoms with Crippen molar-refractivity contribution in [1.29, 1.82) is 0 Å². The van der Waals surface area contributed by atoms with Crippen molar-refractivity contribution in [2.24, 2.45) is 0 Å². The average molecular weight is 336 g/mol. The van der Waals surface area contributed by atoms with Crippen molar-refractivity contribution in [1.82, 2.24) is 29.7 Å². The van der Waals surface area contributed by atoms with Crippen LogP contribution in [0, 0.1) is 0 Å². The number of morpholine rings is 1. The zero-order chi connectivity index (χ0) is 16.4. The largest absolute Gasteiger partial charge is 0.367 e. The Morgan fingerprint density at radius 3 is 3.04 bits per heavy atom. The minimum absolute atomic E-state index is 0.0336. The maximum absolute atomic E-state index is 12.7. The lowest BCUT2D eigenvalue weighted by Crippen LogP contribution is -2.42. The quantitative estimate of drug-likeness (QED) is 0.910. The Kier molecular flexibility index (Phi) is 4.67. The van der Waals surface area contributed by atoms with Crippen molar-refractivity contribution in [2.75, 3.05) is 19.7 Å². The van der Waals surface area contributed by atoms with Crippen molar-refractivity contribution in [3.8, 4) is 0 Å². The molecule has 0 spiro atoms. The molecule has 0 aromatic carbocycles. The van der Waals surface area contributed by atoms with Crippen molar-refractivity contribution >= 4 is 17.4 Å². The van der Waals surface area contributed by atoms with E-state index in [0.29, 0.717) is 36.8 Å². The predicted octanol–water partition coefficient (Wildman–Crippen LogP) is 1.56. The lowest BCUT2D eigenvalue weighted by molar-refractivity contribution is -0.0265. The van der Waals surface area contributed by atoms with Gasteiger partial charge < -0.3 is 9.64 Å². The molecule has 1 fully saturated rings. The molecule has 0 bridgehead atoms. The molecule has 0 radical (unpaired) electrons. The molecule has 2 aromatic heterocycles. The summed E-state index contributed by atoms with van der Waals surface area (Å²) in [5, 5.41) is 11.1. The van der Waals surface area contributed by atoms with E-state index >= 15 is 0 Å². The summed E-state index contributed by atoms with van der Waals surface area (Å²) in [5.41, 5.74) is 0.754. The van der Waals surface area contributed by atoms with E-state index in [2.05, 4.69) is 24.8 Å². The first-order valence-corrected chi connectivity index (χ1v) is 8.51. The lowest BCUT2D eigenvalue weighted by Gasteiger charge is -2.31. The van der Waals surface area contributed by atoms with Crippen molar-refractivity contribution in [2.45, 2.75) is 39.2 Å². The Morgan fingerprint density at radius 2 is 2.35 bits per heavy atom. The molecule has 124 valence electrons. The molecule has 9 heteroatoms. The van der Waals surface area contributed by atoms with Crippen LogP contribution in [0.3, 0.4) is 0 Å². The molecule has 2 aromatic rings. The van der Waals surface area contributed by atoms with Gasteiger partial charge in [-0.25, -0.2) is 4.98 Å². The van der Waals surface area contributed by atoms with Gasteiger partial charge in [0.2, 0.25) is 0 Å². The monoisotopic (exact) mass is 336 g/mol. The van der Waals surface area contributed by atoms with Gasteiger partial charge in [0, 0.05) is 12.5 Å². The maximum Gasteiger partial charge on any atom is 0.267 e. The third kappa shape index (κ3) is 3.25. The number of aromatic amines is 1. The van der Waals surface area contributed by atoms with Gasteiger partial charge in [-0.15, -0.1) is 5.10 Å². The first kappa shape index (κ1) is 16.0. The minimum Gasteiger partial charge on any atom is -0.367 e. The molecule has 1 aliphatic heterocycles. The van der Waals surface area contributed by atoms with Gasteiger partial charge in [-0.3, -0.25) is 9.89 Å². The molecule has 23 heavy (non-hydrogen) atoms. The summed E-state index contributed by atoms with van der Waals surface area (Å²) >= 11 is 1.15. The maximum atomic E-state index is 12.7. The van der Waals surface area contributed by atoms with E-state index in [1.54, 1.807) is 4.90 Å². The molecule has 1 N–H and O–H groups in total. The molecule has 1 saturated heterocycles. The van der Waals surface area contributed by atoms with Crippen LogP contribution >= 0.6 is 11.5 Å². The zero-order valence-electron chi connectivity index (χ0n) is 13.4. The van der Waals surface area contributed by atoms with E-state index in [9.17, 15) is 4.79 Å². The minimum atomic E-state index is -0.279. The zero-order valence-corrected chi connectivity index (χ0v) is 14.3. The van der Waals surface area contributed by atoms with E-state index in [4.69, 9.17) is 4.74 Å². The smallest absolute Gasteiger partial charge is 0.267 e. The topological polar surface area (TPSA) is 96.9 Å². The summed E-state index contributed by atoms with van der Waals surface area (Å²) in [6.45, 7) is 7.52. The van der Waals surface area contributed by atoms with Crippen LogP contribution in [0.15, 0.2) is 0 Å².